The van der Waals surface area contributed by atoms with Crippen molar-refractivity contribution in [3.63, 3.8) is 0 Å². The van der Waals surface area contributed by atoms with Gasteiger partial charge in [-0.05, 0) is 82.5 Å². The summed E-state index contributed by atoms with van der Waals surface area (Å²) in [6.07, 6.45) is 0. The van der Waals surface area contributed by atoms with E-state index in [1.54, 1.807) is 37.3 Å². The summed E-state index contributed by atoms with van der Waals surface area (Å²) in [5.74, 6) is -0.855. The van der Waals surface area contributed by atoms with E-state index in [2.05, 4.69) is 5.32 Å². The van der Waals surface area contributed by atoms with Crippen LogP contribution < -0.4 is 9.62 Å². The van der Waals surface area contributed by atoms with E-state index >= 15 is 0 Å². The van der Waals surface area contributed by atoms with Crippen LogP contribution in [0.5, 0.6) is 0 Å². The van der Waals surface area contributed by atoms with E-state index in [4.69, 9.17) is 11.6 Å². The lowest BCUT2D eigenvalue weighted by atomic mass is 10.1. The average molecular weight is 570 g/mol. The molecule has 0 spiro atoms. The highest BCUT2D eigenvalue weighted by Gasteiger charge is 2.33. The van der Waals surface area contributed by atoms with Crippen molar-refractivity contribution in [1.29, 1.82) is 0 Å². The highest BCUT2D eigenvalue weighted by molar-refractivity contribution is 7.92. The van der Waals surface area contributed by atoms with E-state index in [-0.39, 0.29) is 23.0 Å². The molecule has 1 N–H and O–H groups in total. The molecule has 0 bridgehead atoms. The lowest BCUT2D eigenvalue weighted by Gasteiger charge is -2.34. The predicted molar refractivity (Wildman–Crippen MR) is 156 cm³/mol. The first-order valence-corrected chi connectivity index (χ1v) is 14.5. The van der Waals surface area contributed by atoms with E-state index in [1.165, 1.54) is 23.1 Å². The third-order valence-corrected chi connectivity index (χ3v) is 8.52. The van der Waals surface area contributed by atoms with Crippen LogP contribution in [0.3, 0.4) is 0 Å². The molecule has 0 radical (unpaired) electrons. The van der Waals surface area contributed by atoms with Crippen molar-refractivity contribution in [1.82, 2.24) is 10.2 Å². The minimum Gasteiger partial charge on any atom is -0.350 e. The van der Waals surface area contributed by atoms with Crippen LogP contribution in [0.2, 0.25) is 5.02 Å². The molecule has 0 aromatic heterocycles. The molecule has 9 heteroatoms. The zero-order chi connectivity index (χ0) is 29.0. The van der Waals surface area contributed by atoms with Gasteiger partial charge in [0.05, 0.1) is 10.6 Å². The zero-order valence-electron chi connectivity index (χ0n) is 23.2. The Labute approximate surface area is 236 Å². The van der Waals surface area contributed by atoms with Gasteiger partial charge < -0.3 is 10.2 Å². The molecule has 0 fully saturated rings. The standard InChI is InChI=1S/C30H36ClN3O4S/c1-21-12-10-11-13-24(21)19-33(23(3)29(36)32-30(4,5)6)28(35)20-34(25-17-16-22(2)27(31)18-25)39(37,38)26-14-8-7-9-15-26/h7-18,23H,19-20H2,1-6H3,(H,32,36)/t23-/m0/s1. The van der Waals surface area contributed by atoms with Crippen molar-refractivity contribution in [3.05, 3.63) is 94.5 Å². The van der Waals surface area contributed by atoms with Crippen LogP contribution >= 0.6 is 11.6 Å². The number of aryl methyl sites for hydroxylation is 2. The van der Waals surface area contributed by atoms with Crippen molar-refractivity contribution < 1.29 is 18.0 Å². The molecule has 0 heterocycles. The number of nitrogens with zero attached hydrogens (tertiary/aromatic N) is 2. The normalized spacial score (nSPS) is 12.5. The number of hydrogen-bond acceptors (Lipinski definition) is 4. The number of anilines is 1. The fourth-order valence-electron chi connectivity index (χ4n) is 4.01. The van der Waals surface area contributed by atoms with E-state index < -0.39 is 34.1 Å². The second-order valence-electron chi connectivity index (χ2n) is 10.6. The van der Waals surface area contributed by atoms with Crippen molar-refractivity contribution in [3.8, 4) is 0 Å². The number of hydrogen-bond donors (Lipinski definition) is 1. The Morgan fingerprint density at radius 3 is 2.13 bits per heavy atom. The summed E-state index contributed by atoms with van der Waals surface area (Å²) in [6, 6.07) is 19.5. The minimum absolute atomic E-state index is 0.0403. The number of rotatable bonds is 9. The molecule has 0 aliphatic carbocycles. The van der Waals surface area contributed by atoms with Gasteiger partial charge >= 0.3 is 0 Å². The zero-order valence-corrected chi connectivity index (χ0v) is 24.8. The Morgan fingerprint density at radius 1 is 0.923 bits per heavy atom. The first kappa shape index (κ1) is 30.2. The number of halogens is 1. The Balaban J connectivity index is 2.06. The summed E-state index contributed by atoms with van der Waals surface area (Å²) in [5, 5.41) is 3.30. The summed E-state index contributed by atoms with van der Waals surface area (Å²) in [5.41, 5.74) is 2.34. The monoisotopic (exact) mass is 569 g/mol. The van der Waals surface area contributed by atoms with Crippen LogP contribution in [-0.2, 0) is 26.2 Å². The molecule has 208 valence electrons. The molecule has 2 amide bonds. The van der Waals surface area contributed by atoms with Gasteiger partial charge in [-0.3, -0.25) is 13.9 Å². The second kappa shape index (κ2) is 12.2. The molecule has 0 aliphatic rings. The SMILES string of the molecule is Cc1ccc(N(CC(=O)N(Cc2ccccc2C)[C@@H](C)C(=O)NC(C)(C)C)S(=O)(=O)c2ccccc2)cc1Cl. The van der Waals surface area contributed by atoms with Gasteiger partial charge in [-0.1, -0.05) is 60.1 Å². The van der Waals surface area contributed by atoms with Gasteiger partial charge in [0.2, 0.25) is 11.8 Å². The summed E-state index contributed by atoms with van der Waals surface area (Å²) in [4.78, 5) is 28.6. The van der Waals surface area contributed by atoms with Crippen LogP contribution in [0.25, 0.3) is 0 Å². The van der Waals surface area contributed by atoms with Gasteiger partial charge in [0.15, 0.2) is 0 Å². The molecule has 3 rings (SSSR count). The Morgan fingerprint density at radius 2 is 1.54 bits per heavy atom. The van der Waals surface area contributed by atoms with Crippen molar-refractivity contribution in [2.45, 2.75) is 64.6 Å². The third-order valence-electron chi connectivity index (χ3n) is 6.32. The number of benzene rings is 3. The molecule has 0 unspecified atom stereocenters. The highest BCUT2D eigenvalue weighted by atomic mass is 35.5. The average Bonchev–Trinajstić information content (AvgIpc) is 2.87. The number of carbonyl (C=O) groups is 2. The summed E-state index contributed by atoms with van der Waals surface area (Å²) in [6.45, 7) is 10.6. The van der Waals surface area contributed by atoms with Crippen molar-refractivity contribution >= 4 is 39.1 Å². The maximum Gasteiger partial charge on any atom is 0.264 e. The molecule has 1 atom stereocenters. The number of nitrogens with one attached hydrogen (secondary N) is 1. The predicted octanol–water partition coefficient (Wildman–Crippen LogP) is 5.48. The van der Waals surface area contributed by atoms with Gasteiger partial charge in [0.25, 0.3) is 10.0 Å². The lowest BCUT2D eigenvalue weighted by molar-refractivity contribution is -0.140. The topological polar surface area (TPSA) is 86.8 Å². The van der Waals surface area contributed by atoms with Crippen LogP contribution in [0.4, 0.5) is 5.69 Å². The number of amides is 2. The maximum absolute atomic E-state index is 14.0. The number of carbonyl (C=O) groups excluding carboxylic acids is 2. The lowest BCUT2D eigenvalue weighted by Crippen LogP contribution is -2.54. The second-order valence-corrected chi connectivity index (χ2v) is 12.9. The largest absolute Gasteiger partial charge is 0.350 e. The van der Waals surface area contributed by atoms with Crippen LogP contribution in [0, 0.1) is 13.8 Å². The van der Waals surface area contributed by atoms with Crippen LogP contribution in [-0.4, -0.2) is 43.3 Å². The van der Waals surface area contributed by atoms with Gasteiger partial charge in [-0.15, -0.1) is 0 Å². The molecule has 3 aromatic carbocycles. The highest BCUT2D eigenvalue weighted by Crippen LogP contribution is 2.28. The fraction of sp³-hybridized carbons (Fsp3) is 0.333. The molecule has 7 nitrogen and oxygen atoms in total. The smallest absolute Gasteiger partial charge is 0.264 e. The van der Waals surface area contributed by atoms with Crippen molar-refractivity contribution in [2.24, 2.45) is 0 Å². The van der Waals surface area contributed by atoms with Gasteiger partial charge in [-0.2, -0.15) is 0 Å². The maximum atomic E-state index is 14.0. The Kier molecular flexibility index (Phi) is 9.46. The van der Waals surface area contributed by atoms with Crippen LogP contribution in [0.15, 0.2) is 77.7 Å². The Bertz CT molecular complexity index is 1440. The van der Waals surface area contributed by atoms with Gasteiger partial charge in [0, 0.05) is 17.1 Å². The summed E-state index contributed by atoms with van der Waals surface area (Å²) < 4.78 is 28.7. The Hall–Kier alpha value is -3.36. The van der Waals surface area contributed by atoms with Gasteiger partial charge in [-0.25, -0.2) is 8.42 Å². The quantitative estimate of drug-likeness (QED) is 0.369. The molecule has 39 heavy (non-hydrogen) atoms. The molecular weight excluding hydrogens is 534 g/mol. The molecular formula is C30H36ClN3O4S. The molecule has 0 aliphatic heterocycles. The third kappa shape index (κ3) is 7.61. The first-order valence-electron chi connectivity index (χ1n) is 12.7. The molecule has 3 aromatic rings. The van der Waals surface area contributed by atoms with Crippen LogP contribution in [0.1, 0.15) is 44.4 Å². The minimum atomic E-state index is -4.14. The first-order chi connectivity index (χ1) is 18.2. The van der Waals surface area contributed by atoms with E-state index in [0.717, 1.165) is 21.0 Å². The van der Waals surface area contributed by atoms with E-state index in [9.17, 15) is 18.0 Å². The number of sulfonamides is 1. The van der Waals surface area contributed by atoms with Crippen molar-refractivity contribution in [2.75, 3.05) is 10.8 Å². The molecule has 0 saturated heterocycles. The summed E-state index contributed by atoms with van der Waals surface area (Å²) >= 11 is 6.36. The van der Waals surface area contributed by atoms with E-state index in [0.29, 0.717) is 5.02 Å². The molecule has 0 saturated carbocycles. The van der Waals surface area contributed by atoms with E-state index in [1.807, 2.05) is 58.9 Å². The van der Waals surface area contributed by atoms with Gasteiger partial charge in [0.1, 0.15) is 12.6 Å². The summed E-state index contributed by atoms with van der Waals surface area (Å²) in [7, 11) is -4.14. The fourth-order valence-corrected chi connectivity index (χ4v) is 5.61.